The molecule has 108 valence electrons. The first-order valence-corrected chi connectivity index (χ1v) is 7.78. The molecule has 0 saturated carbocycles. The number of nitrogens with one attached hydrogen (secondary N) is 1. The van der Waals surface area contributed by atoms with Crippen molar-refractivity contribution in [2.75, 3.05) is 6.54 Å². The molecule has 0 aliphatic rings. The Balaban J connectivity index is 2.54. The summed E-state index contributed by atoms with van der Waals surface area (Å²) < 4.78 is 0. The van der Waals surface area contributed by atoms with Gasteiger partial charge in [-0.1, -0.05) is 27.7 Å². The van der Waals surface area contributed by atoms with Crippen LogP contribution in [0, 0.1) is 11.3 Å². The first kappa shape index (κ1) is 16.2. The summed E-state index contributed by atoms with van der Waals surface area (Å²) in [6.45, 7) is 9.58. The molecule has 19 heavy (non-hydrogen) atoms. The van der Waals surface area contributed by atoms with Crippen LogP contribution in [0.3, 0.4) is 0 Å². The van der Waals surface area contributed by atoms with Crippen molar-refractivity contribution in [1.29, 1.82) is 0 Å². The standard InChI is InChI=1S/C15H26N2OS/c1-5-11-6-7-19-13(11)10-17-14(18)12(9-16)8-15(2,3)4/h6-7,12H,5,8-10,16H2,1-4H3,(H,17,18). The number of nitrogens with two attached hydrogens (primary N) is 1. The second kappa shape index (κ2) is 7.06. The van der Waals surface area contributed by atoms with Crippen LogP contribution in [0.4, 0.5) is 0 Å². The van der Waals surface area contributed by atoms with Gasteiger partial charge in [-0.15, -0.1) is 11.3 Å². The molecule has 3 nitrogen and oxygen atoms in total. The number of aryl methyl sites for hydroxylation is 1. The van der Waals surface area contributed by atoms with Crippen LogP contribution in [-0.4, -0.2) is 12.5 Å². The van der Waals surface area contributed by atoms with Gasteiger partial charge in [-0.25, -0.2) is 0 Å². The van der Waals surface area contributed by atoms with Crippen molar-refractivity contribution in [2.45, 2.75) is 47.1 Å². The molecule has 1 amide bonds. The molecule has 1 unspecified atom stereocenters. The zero-order chi connectivity index (χ0) is 14.5. The monoisotopic (exact) mass is 282 g/mol. The molecule has 0 saturated heterocycles. The van der Waals surface area contributed by atoms with Gasteiger partial charge in [0.25, 0.3) is 0 Å². The number of amides is 1. The number of rotatable bonds is 6. The van der Waals surface area contributed by atoms with E-state index in [0.717, 1.165) is 12.8 Å². The lowest BCUT2D eigenvalue weighted by Crippen LogP contribution is -2.36. The van der Waals surface area contributed by atoms with Crippen LogP contribution >= 0.6 is 11.3 Å². The van der Waals surface area contributed by atoms with E-state index in [9.17, 15) is 4.79 Å². The van der Waals surface area contributed by atoms with E-state index in [1.165, 1.54) is 10.4 Å². The minimum atomic E-state index is -0.0926. The molecule has 1 rings (SSSR count). The van der Waals surface area contributed by atoms with Crippen molar-refractivity contribution in [1.82, 2.24) is 5.32 Å². The highest BCUT2D eigenvalue weighted by Gasteiger charge is 2.23. The third kappa shape index (κ3) is 5.33. The maximum absolute atomic E-state index is 12.2. The van der Waals surface area contributed by atoms with Gasteiger partial charge in [0.1, 0.15) is 0 Å². The summed E-state index contributed by atoms with van der Waals surface area (Å²) in [5.41, 5.74) is 7.18. The smallest absolute Gasteiger partial charge is 0.224 e. The second-order valence-corrected chi connectivity index (χ2v) is 7.14. The SMILES string of the molecule is CCc1ccsc1CNC(=O)C(CN)CC(C)(C)C. The summed E-state index contributed by atoms with van der Waals surface area (Å²) >= 11 is 1.70. The number of carbonyl (C=O) groups excluding carboxylic acids is 1. The predicted octanol–water partition coefficient (Wildman–Crippen LogP) is 2.94. The first-order valence-electron chi connectivity index (χ1n) is 6.90. The number of hydrogen-bond acceptors (Lipinski definition) is 3. The largest absolute Gasteiger partial charge is 0.351 e. The summed E-state index contributed by atoms with van der Waals surface area (Å²) in [7, 11) is 0. The third-order valence-corrected chi connectivity index (χ3v) is 4.12. The van der Waals surface area contributed by atoms with Crippen LogP contribution in [-0.2, 0) is 17.8 Å². The van der Waals surface area contributed by atoms with Gasteiger partial charge >= 0.3 is 0 Å². The molecule has 1 atom stereocenters. The Kier molecular flexibility index (Phi) is 6.01. The quantitative estimate of drug-likeness (QED) is 0.843. The van der Waals surface area contributed by atoms with E-state index >= 15 is 0 Å². The molecular formula is C15H26N2OS. The summed E-state index contributed by atoms with van der Waals surface area (Å²) in [5.74, 6) is -0.0158. The number of thiophene rings is 1. The van der Waals surface area contributed by atoms with Crippen molar-refractivity contribution in [3.05, 3.63) is 21.9 Å². The Morgan fingerprint density at radius 2 is 2.16 bits per heavy atom. The minimum Gasteiger partial charge on any atom is -0.351 e. The van der Waals surface area contributed by atoms with Crippen molar-refractivity contribution in [3.63, 3.8) is 0 Å². The molecule has 0 spiro atoms. The highest BCUT2D eigenvalue weighted by Crippen LogP contribution is 2.24. The fourth-order valence-corrected chi connectivity index (χ4v) is 3.09. The summed E-state index contributed by atoms with van der Waals surface area (Å²) in [5, 5.41) is 5.10. The summed E-state index contributed by atoms with van der Waals surface area (Å²) in [6, 6.07) is 2.13. The molecule has 1 aromatic rings. The average Bonchev–Trinajstić information content (AvgIpc) is 2.79. The fourth-order valence-electron chi connectivity index (χ4n) is 2.17. The normalized spacial score (nSPS) is 13.3. The molecule has 0 aliphatic heterocycles. The molecule has 1 aromatic heterocycles. The Labute approximate surface area is 120 Å². The van der Waals surface area contributed by atoms with Crippen LogP contribution in [0.25, 0.3) is 0 Å². The van der Waals surface area contributed by atoms with Crippen LogP contribution < -0.4 is 11.1 Å². The van der Waals surface area contributed by atoms with Gasteiger partial charge in [0.2, 0.25) is 5.91 Å². The lowest BCUT2D eigenvalue weighted by Gasteiger charge is -2.24. The van der Waals surface area contributed by atoms with Gasteiger partial charge in [-0.05, 0) is 35.3 Å². The fraction of sp³-hybridized carbons (Fsp3) is 0.667. The Hall–Kier alpha value is -0.870. The Bertz CT molecular complexity index is 407. The molecule has 3 N–H and O–H groups in total. The maximum Gasteiger partial charge on any atom is 0.224 e. The number of carbonyl (C=O) groups is 1. The molecule has 0 radical (unpaired) electrons. The lowest BCUT2D eigenvalue weighted by atomic mass is 9.84. The van der Waals surface area contributed by atoms with Crippen LogP contribution in [0.1, 0.15) is 44.6 Å². The zero-order valence-corrected chi connectivity index (χ0v) is 13.3. The van der Waals surface area contributed by atoms with E-state index in [2.05, 4.69) is 44.5 Å². The minimum absolute atomic E-state index is 0.0767. The summed E-state index contributed by atoms with van der Waals surface area (Å²) in [6.07, 6.45) is 1.83. The Morgan fingerprint density at radius 1 is 1.47 bits per heavy atom. The van der Waals surface area contributed by atoms with E-state index in [-0.39, 0.29) is 17.2 Å². The van der Waals surface area contributed by atoms with E-state index in [0.29, 0.717) is 13.1 Å². The van der Waals surface area contributed by atoms with E-state index < -0.39 is 0 Å². The molecule has 0 bridgehead atoms. The average molecular weight is 282 g/mol. The predicted molar refractivity (Wildman–Crippen MR) is 82.2 cm³/mol. The van der Waals surface area contributed by atoms with Crippen molar-refractivity contribution >= 4 is 17.2 Å². The highest BCUT2D eigenvalue weighted by atomic mass is 32.1. The van der Waals surface area contributed by atoms with Crippen molar-refractivity contribution < 1.29 is 4.79 Å². The highest BCUT2D eigenvalue weighted by molar-refractivity contribution is 7.10. The lowest BCUT2D eigenvalue weighted by molar-refractivity contribution is -0.125. The topological polar surface area (TPSA) is 55.1 Å². The molecule has 1 heterocycles. The van der Waals surface area contributed by atoms with Crippen LogP contribution in [0.2, 0.25) is 0 Å². The van der Waals surface area contributed by atoms with Crippen molar-refractivity contribution in [2.24, 2.45) is 17.1 Å². The molecule has 0 aromatic carbocycles. The van der Waals surface area contributed by atoms with E-state index in [1.54, 1.807) is 11.3 Å². The van der Waals surface area contributed by atoms with Gasteiger partial charge in [0, 0.05) is 11.4 Å². The molecule has 0 aliphatic carbocycles. The van der Waals surface area contributed by atoms with Gasteiger partial charge in [-0.3, -0.25) is 4.79 Å². The van der Waals surface area contributed by atoms with Crippen molar-refractivity contribution in [3.8, 4) is 0 Å². The van der Waals surface area contributed by atoms with E-state index in [4.69, 9.17) is 5.73 Å². The number of hydrogen-bond donors (Lipinski definition) is 2. The van der Waals surface area contributed by atoms with Gasteiger partial charge in [0.05, 0.1) is 12.5 Å². The first-order chi connectivity index (χ1) is 8.87. The Morgan fingerprint density at radius 3 is 2.68 bits per heavy atom. The van der Waals surface area contributed by atoms with Gasteiger partial charge < -0.3 is 11.1 Å². The summed E-state index contributed by atoms with van der Waals surface area (Å²) in [4.78, 5) is 13.4. The van der Waals surface area contributed by atoms with Crippen LogP contribution in [0.15, 0.2) is 11.4 Å². The zero-order valence-electron chi connectivity index (χ0n) is 12.5. The second-order valence-electron chi connectivity index (χ2n) is 6.14. The maximum atomic E-state index is 12.2. The molecular weight excluding hydrogens is 256 g/mol. The van der Waals surface area contributed by atoms with Crippen LogP contribution in [0.5, 0.6) is 0 Å². The third-order valence-electron chi connectivity index (χ3n) is 3.16. The van der Waals surface area contributed by atoms with E-state index in [1.807, 2.05) is 0 Å². The molecule has 0 fully saturated rings. The van der Waals surface area contributed by atoms with Gasteiger partial charge in [0.15, 0.2) is 0 Å². The van der Waals surface area contributed by atoms with Gasteiger partial charge in [-0.2, -0.15) is 0 Å². The molecule has 4 heteroatoms.